The second kappa shape index (κ2) is 7.69. The number of hydrogen-bond acceptors (Lipinski definition) is 6. The van der Waals surface area contributed by atoms with Crippen molar-refractivity contribution in [2.24, 2.45) is 5.10 Å². The lowest BCUT2D eigenvalue weighted by Gasteiger charge is -2.22. The molecule has 1 N–H and O–H groups in total. The predicted octanol–water partition coefficient (Wildman–Crippen LogP) is 3.13. The van der Waals surface area contributed by atoms with Crippen LogP contribution in [0.4, 0.5) is 15.6 Å². The Morgan fingerprint density at radius 1 is 1.33 bits per heavy atom. The van der Waals surface area contributed by atoms with E-state index in [0.29, 0.717) is 10.8 Å². The summed E-state index contributed by atoms with van der Waals surface area (Å²) in [5, 5.41) is 6.02. The SMILES string of the molecule is COC(=O)N/N=C\c1csc(N(C(C)=O)c2c(C)cccc2C)n1. The fraction of sp³-hybridized carbons (Fsp3) is 0.250. The maximum atomic E-state index is 12.2. The standard InChI is InChI=1S/C16H18N4O3S/c1-10-6-5-7-11(2)14(10)20(12(3)21)15-18-13(9-24-15)8-17-19-16(22)23-4/h5-9H,1-4H3,(H,19,22)/b17-8-. The van der Waals surface area contributed by atoms with Crippen molar-refractivity contribution in [2.75, 3.05) is 12.0 Å². The van der Waals surface area contributed by atoms with Crippen molar-refractivity contribution in [3.05, 3.63) is 40.4 Å². The fourth-order valence-electron chi connectivity index (χ4n) is 2.18. The summed E-state index contributed by atoms with van der Waals surface area (Å²) in [6, 6.07) is 5.86. The molecule has 8 heteroatoms. The Morgan fingerprint density at radius 2 is 2.00 bits per heavy atom. The van der Waals surface area contributed by atoms with E-state index in [0.717, 1.165) is 16.8 Å². The fourth-order valence-corrected chi connectivity index (χ4v) is 3.00. The molecule has 0 aliphatic heterocycles. The van der Waals surface area contributed by atoms with Gasteiger partial charge in [-0.2, -0.15) is 5.10 Å². The normalized spacial score (nSPS) is 10.7. The van der Waals surface area contributed by atoms with Crippen LogP contribution in [-0.2, 0) is 9.53 Å². The van der Waals surface area contributed by atoms with Crippen LogP contribution in [0.25, 0.3) is 0 Å². The molecular formula is C16H18N4O3S. The lowest BCUT2D eigenvalue weighted by Crippen LogP contribution is -2.24. The number of benzene rings is 1. The second-order valence-electron chi connectivity index (χ2n) is 5.01. The van der Waals surface area contributed by atoms with Crippen molar-refractivity contribution in [3.63, 3.8) is 0 Å². The molecule has 2 aromatic rings. The average Bonchev–Trinajstić information content (AvgIpc) is 2.98. The quantitative estimate of drug-likeness (QED) is 0.681. The molecule has 126 valence electrons. The second-order valence-corrected chi connectivity index (χ2v) is 5.85. The van der Waals surface area contributed by atoms with Gasteiger partial charge < -0.3 is 4.74 Å². The molecule has 1 aromatic heterocycles. The highest BCUT2D eigenvalue weighted by atomic mass is 32.1. The number of para-hydroxylation sites is 1. The number of ether oxygens (including phenoxy) is 1. The smallest absolute Gasteiger partial charge is 0.427 e. The van der Waals surface area contributed by atoms with E-state index in [4.69, 9.17) is 0 Å². The van der Waals surface area contributed by atoms with E-state index in [-0.39, 0.29) is 5.91 Å². The third kappa shape index (κ3) is 3.96. The Morgan fingerprint density at radius 3 is 2.58 bits per heavy atom. The summed E-state index contributed by atoms with van der Waals surface area (Å²) in [6.45, 7) is 5.41. The minimum absolute atomic E-state index is 0.127. The van der Waals surface area contributed by atoms with Crippen LogP contribution in [0.15, 0.2) is 28.7 Å². The van der Waals surface area contributed by atoms with E-state index in [9.17, 15) is 9.59 Å². The van der Waals surface area contributed by atoms with Gasteiger partial charge in [-0.1, -0.05) is 18.2 Å². The molecule has 1 heterocycles. The van der Waals surface area contributed by atoms with Crippen molar-refractivity contribution in [2.45, 2.75) is 20.8 Å². The van der Waals surface area contributed by atoms with Gasteiger partial charge in [0.25, 0.3) is 0 Å². The molecular weight excluding hydrogens is 328 g/mol. The van der Waals surface area contributed by atoms with Gasteiger partial charge in [0.1, 0.15) is 0 Å². The van der Waals surface area contributed by atoms with Crippen LogP contribution in [0, 0.1) is 13.8 Å². The number of nitrogens with one attached hydrogen (secondary N) is 1. The molecule has 0 saturated carbocycles. The van der Waals surface area contributed by atoms with Gasteiger partial charge in [0.05, 0.1) is 24.7 Å². The first-order valence-electron chi connectivity index (χ1n) is 7.13. The molecule has 2 amide bonds. The number of rotatable bonds is 4. The first-order valence-corrected chi connectivity index (χ1v) is 8.01. The molecule has 0 aliphatic carbocycles. The number of anilines is 2. The Hall–Kier alpha value is -2.74. The Balaban J connectivity index is 2.31. The number of aryl methyl sites for hydroxylation is 2. The molecule has 0 aliphatic rings. The Labute approximate surface area is 144 Å². The number of hydrazone groups is 1. The number of methoxy groups -OCH3 is 1. The molecule has 2 rings (SSSR count). The van der Waals surface area contributed by atoms with E-state index >= 15 is 0 Å². The van der Waals surface area contributed by atoms with Crippen LogP contribution in [0.1, 0.15) is 23.7 Å². The summed E-state index contributed by atoms with van der Waals surface area (Å²) in [4.78, 5) is 29.1. The van der Waals surface area contributed by atoms with Crippen molar-refractivity contribution in [1.82, 2.24) is 10.4 Å². The zero-order valence-corrected chi connectivity index (χ0v) is 14.7. The van der Waals surface area contributed by atoms with E-state index in [2.05, 4.69) is 20.2 Å². The van der Waals surface area contributed by atoms with E-state index in [1.165, 1.54) is 31.6 Å². The maximum absolute atomic E-state index is 12.2. The highest BCUT2D eigenvalue weighted by Crippen LogP contribution is 2.33. The maximum Gasteiger partial charge on any atom is 0.427 e. The number of thiazole rings is 1. The van der Waals surface area contributed by atoms with Crippen LogP contribution in [-0.4, -0.2) is 30.3 Å². The lowest BCUT2D eigenvalue weighted by atomic mass is 10.1. The Bertz CT molecular complexity index is 765. The number of carbonyl (C=O) groups excluding carboxylic acids is 2. The van der Waals surface area contributed by atoms with E-state index in [1.54, 1.807) is 10.3 Å². The summed E-state index contributed by atoms with van der Waals surface area (Å²) in [7, 11) is 1.25. The van der Waals surface area contributed by atoms with Gasteiger partial charge in [-0.3, -0.25) is 9.69 Å². The number of carbonyl (C=O) groups is 2. The van der Waals surface area contributed by atoms with E-state index < -0.39 is 6.09 Å². The topological polar surface area (TPSA) is 83.9 Å². The van der Waals surface area contributed by atoms with Crippen molar-refractivity contribution in [3.8, 4) is 0 Å². The zero-order valence-electron chi connectivity index (χ0n) is 13.9. The summed E-state index contributed by atoms with van der Waals surface area (Å²) in [6.07, 6.45) is 0.725. The molecule has 0 bridgehead atoms. The minimum Gasteiger partial charge on any atom is -0.452 e. The van der Waals surface area contributed by atoms with Crippen LogP contribution >= 0.6 is 11.3 Å². The van der Waals surface area contributed by atoms with Crippen LogP contribution in [0.5, 0.6) is 0 Å². The highest BCUT2D eigenvalue weighted by Gasteiger charge is 2.21. The largest absolute Gasteiger partial charge is 0.452 e. The summed E-state index contributed by atoms with van der Waals surface area (Å²) in [5.41, 5.74) is 5.52. The highest BCUT2D eigenvalue weighted by molar-refractivity contribution is 7.14. The van der Waals surface area contributed by atoms with Gasteiger partial charge in [0, 0.05) is 12.3 Å². The number of nitrogens with zero attached hydrogens (tertiary/aromatic N) is 3. The number of hydrogen-bond donors (Lipinski definition) is 1. The molecule has 0 spiro atoms. The summed E-state index contributed by atoms with van der Waals surface area (Å²) < 4.78 is 4.41. The molecule has 1 aromatic carbocycles. The van der Waals surface area contributed by atoms with Gasteiger partial charge in [-0.25, -0.2) is 15.2 Å². The third-order valence-electron chi connectivity index (χ3n) is 3.22. The first kappa shape index (κ1) is 17.6. The monoisotopic (exact) mass is 346 g/mol. The molecule has 0 radical (unpaired) electrons. The molecule has 7 nitrogen and oxygen atoms in total. The first-order chi connectivity index (χ1) is 11.4. The van der Waals surface area contributed by atoms with Gasteiger partial charge in [-0.15, -0.1) is 11.3 Å². The van der Waals surface area contributed by atoms with Gasteiger partial charge >= 0.3 is 6.09 Å². The van der Waals surface area contributed by atoms with Gasteiger partial charge in [-0.05, 0) is 25.0 Å². The lowest BCUT2D eigenvalue weighted by molar-refractivity contribution is -0.115. The molecule has 0 fully saturated rings. The number of amides is 2. The number of aromatic nitrogens is 1. The Kier molecular flexibility index (Phi) is 5.64. The van der Waals surface area contributed by atoms with Gasteiger partial charge in [0.2, 0.25) is 5.91 Å². The molecule has 0 saturated heterocycles. The van der Waals surface area contributed by atoms with Crippen LogP contribution in [0.3, 0.4) is 0 Å². The van der Waals surface area contributed by atoms with Crippen molar-refractivity contribution in [1.29, 1.82) is 0 Å². The van der Waals surface area contributed by atoms with Crippen LogP contribution < -0.4 is 10.3 Å². The molecule has 0 unspecified atom stereocenters. The van der Waals surface area contributed by atoms with Crippen molar-refractivity contribution < 1.29 is 14.3 Å². The van der Waals surface area contributed by atoms with E-state index in [1.807, 2.05) is 32.0 Å². The molecule has 0 atom stereocenters. The zero-order chi connectivity index (χ0) is 17.7. The van der Waals surface area contributed by atoms with Gasteiger partial charge in [0.15, 0.2) is 5.13 Å². The predicted molar refractivity (Wildman–Crippen MR) is 94.0 cm³/mol. The van der Waals surface area contributed by atoms with Crippen molar-refractivity contribution >= 4 is 40.4 Å². The van der Waals surface area contributed by atoms with Crippen LogP contribution in [0.2, 0.25) is 0 Å². The summed E-state index contributed by atoms with van der Waals surface area (Å²) >= 11 is 1.32. The third-order valence-corrected chi connectivity index (χ3v) is 4.06. The minimum atomic E-state index is -0.664. The molecule has 24 heavy (non-hydrogen) atoms. The summed E-state index contributed by atoms with van der Waals surface area (Å²) in [5.74, 6) is -0.127. The average molecular weight is 346 g/mol.